The lowest BCUT2D eigenvalue weighted by atomic mass is 10.00. The summed E-state index contributed by atoms with van der Waals surface area (Å²) in [6.07, 6.45) is 4.14. The molecule has 0 aromatic carbocycles. The monoisotopic (exact) mass is 207 g/mol. The van der Waals surface area contributed by atoms with Gasteiger partial charge in [-0.25, -0.2) is 4.68 Å². The molecule has 2 rings (SSSR count). The molecule has 1 aliphatic rings. The molecule has 1 aliphatic heterocycles. The second-order valence-corrected chi connectivity index (χ2v) is 4.27. The van der Waals surface area contributed by atoms with Gasteiger partial charge >= 0.3 is 0 Å². The van der Waals surface area contributed by atoms with Gasteiger partial charge in [0, 0.05) is 12.6 Å². The predicted molar refractivity (Wildman–Crippen MR) is 58.8 cm³/mol. The number of aryl methyl sites for hydroxylation is 1. The van der Waals surface area contributed by atoms with Gasteiger partial charge in [-0.05, 0) is 44.3 Å². The Morgan fingerprint density at radius 3 is 3.20 bits per heavy atom. The van der Waals surface area contributed by atoms with Crippen LogP contribution in [0.5, 0.6) is 0 Å². The third kappa shape index (κ3) is 2.65. The summed E-state index contributed by atoms with van der Waals surface area (Å²) in [5.41, 5.74) is 0.943. The zero-order chi connectivity index (χ0) is 10.7. The average Bonchev–Trinajstić information content (AvgIpc) is 2.24. The highest BCUT2D eigenvalue weighted by atomic mass is 16.1. The Morgan fingerprint density at radius 1 is 1.67 bits per heavy atom. The summed E-state index contributed by atoms with van der Waals surface area (Å²) in [6.45, 7) is 4.74. The second kappa shape index (κ2) is 4.57. The molecule has 0 aliphatic carbocycles. The average molecular weight is 207 g/mol. The molecular formula is C11H17N3O. The Balaban J connectivity index is 2.06. The zero-order valence-electron chi connectivity index (χ0n) is 9.07. The molecule has 0 spiro atoms. The van der Waals surface area contributed by atoms with Crippen molar-refractivity contribution in [3.8, 4) is 0 Å². The highest BCUT2D eigenvalue weighted by Gasteiger charge is 2.14. The van der Waals surface area contributed by atoms with E-state index in [0.29, 0.717) is 5.92 Å². The first-order valence-corrected chi connectivity index (χ1v) is 5.50. The van der Waals surface area contributed by atoms with Gasteiger partial charge in [0.2, 0.25) is 0 Å². The number of hydrogen-bond acceptors (Lipinski definition) is 3. The van der Waals surface area contributed by atoms with E-state index in [1.807, 2.05) is 6.92 Å². The zero-order valence-corrected chi connectivity index (χ0v) is 9.07. The molecule has 82 valence electrons. The molecule has 4 heteroatoms. The molecule has 2 heterocycles. The van der Waals surface area contributed by atoms with Crippen molar-refractivity contribution in [1.82, 2.24) is 15.1 Å². The first kappa shape index (κ1) is 10.4. The number of hydrogen-bond donors (Lipinski definition) is 1. The van der Waals surface area contributed by atoms with E-state index in [0.717, 1.165) is 25.2 Å². The van der Waals surface area contributed by atoms with Crippen LogP contribution < -0.4 is 10.9 Å². The maximum Gasteiger partial charge on any atom is 0.266 e. The lowest BCUT2D eigenvalue weighted by Crippen LogP contribution is -2.35. The van der Waals surface area contributed by atoms with Crippen LogP contribution in [0.1, 0.15) is 18.4 Å². The van der Waals surface area contributed by atoms with Gasteiger partial charge in [-0.2, -0.15) is 5.10 Å². The number of aromatic nitrogens is 2. The van der Waals surface area contributed by atoms with Gasteiger partial charge in [0.05, 0.1) is 6.20 Å². The van der Waals surface area contributed by atoms with Crippen LogP contribution in [-0.2, 0) is 6.54 Å². The minimum atomic E-state index is 0.0144. The quantitative estimate of drug-likeness (QED) is 0.770. The van der Waals surface area contributed by atoms with Crippen molar-refractivity contribution in [3.05, 3.63) is 28.2 Å². The summed E-state index contributed by atoms with van der Waals surface area (Å²) in [4.78, 5) is 11.6. The van der Waals surface area contributed by atoms with E-state index in [2.05, 4.69) is 10.4 Å². The summed E-state index contributed by atoms with van der Waals surface area (Å²) >= 11 is 0. The first-order valence-electron chi connectivity index (χ1n) is 5.50. The highest BCUT2D eigenvalue weighted by molar-refractivity contribution is 5.02. The van der Waals surface area contributed by atoms with E-state index < -0.39 is 0 Å². The van der Waals surface area contributed by atoms with E-state index in [-0.39, 0.29) is 5.56 Å². The number of nitrogens with one attached hydrogen (secondary N) is 1. The molecule has 1 N–H and O–H groups in total. The lowest BCUT2D eigenvalue weighted by Gasteiger charge is -2.22. The van der Waals surface area contributed by atoms with Crippen LogP contribution in [0.15, 0.2) is 17.1 Å². The fourth-order valence-electron chi connectivity index (χ4n) is 1.99. The topological polar surface area (TPSA) is 46.9 Å². The van der Waals surface area contributed by atoms with E-state index in [9.17, 15) is 4.79 Å². The highest BCUT2D eigenvalue weighted by Crippen LogP contribution is 2.10. The van der Waals surface area contributed by atoms with Crippen LogP contribution in [0.2, 0.25) is 0 Å². The van der Waals surface area contributed by atoms with Crippen molar-refractivity contribution in [1.29, 1.82) is 0 Å². The maximum absolute atomic E-state index is 11.6. The molecule has 0 amide bonds. The summed E-state index contributed by atoms with van der Waals surface area (Å²) in [7, 11) is 0. The fraction of sp³-hybridized carbons (Fsp3) is 0.636. The third-order valence-corrected chi connectivity index (χ3v) is 2.84. The Bertz CT molecular complexity index is 380. The van der Waals surface area contributed by atoms with Crippen LogP contribution in [-0.4, -0.2) is 22.9 Å². The van der Waals surface area contributed by atoms with Gasteiger partial charge in [0.1, 0.15) is 0 Å². The molecule has 0 radical (unpaired) electrons. The van der Waals surface area contributed by atoms with Gasteiger partial charge < -0.3 is 5.32 Å². The molecule has 0 saturated carbocycles. The maximum atomic E-state index is 11.6. The van der Waals surface area contributed by atoms with E-state index in [1.54, 1.807) is 16.9 Å². The number of rotatable bonds is 2. The van der Waals surface area contributed by atoms with Crippen LogP contribution >= 0.6 is 0 Å². The molecule has 1 unspecified atom stereocenters. The third-order valence-electron chi connectivity index (χ3n) is 2.84. The largest absolute Gasteiger partial charge is 0.316 e. The lowest BCUT2D eigenvalue weighted by molar-refractivity contribution is 0.319. The predicted octanol–water partition coefficient (Wildman–Crippen LogP) is 0.551. The van der Waals surface area contributed by atoms with Crippen molar-refractivity contribution in [2.45, 2.75) is 26.3 Å². The van der Waals surface area contributed by atoms with Crippen molar-refractivity contribution in [2.24, 2.45) is 5.92 Å². The molecule has 1 fully saturated rings. The minimum Gasteiger partial charge on any atom is -0.316 e. The normalized spacial score (nSPS) is 21.5. The van der Waals surface area contributed by atoms with Gasteiger partial charge in [-0.3, -0.25) is 4.79 Å². The number of piperidine rings is 1. The molecule has 15 heavy (non-hydrogen) atoms. The standard InChI is InChI=1S/C11H17N3O/c1-9-5-11(15)14(13-6-9)8-10-3-2-4-12-7-10/h5-6,10,12H,2-4,7-8H2,1H3. The van der Waals surface area contributed by atoms with Crippen molar-refractivity contribution in [3.63, 3.8) is 0 Å². The van der Waals surface area contributed by atoms with E-state index in [4.69, 9.17) is 0 Å². The SMILES string of the molecule is Cc1cnn(CC2CCCNC2)c(=O)c1. The van der Waals surface area contributed by atoms with E-state index in [1.165, 1.54) is 12.8 Å². The first-order chi connectivity index (χ1) is 7.25. The Morgan fingerprint density at radius 2 is 2.53 bits per heavy atom. The van der Waals surface area contributed by atoms with Crippen molar-refractivity contribution < 1.29 is 0 Å². The van der Waals surface area contributed by atoms with Gasteiger partial charge in [-0.15, -0.1) is 0 Å². The molecule has 1 aromatic heterocycles. The van der Waals surface area contributed by atoms with Crippen molar-refractivity contribution in [2.75, 3.05) is 13.1 Å². The van der Waals surface area contributed by atoms with Crippen LogP contribution in [0.25, 0.3) is 0 Å². The Labute approximate surface area is 89.3 Å². The van der Waals surface area contributed by atoms with Crippen LogP contribution in [0.3, 0.4) is 0 Å². The van der Waals surface area contributed by atoms with E-state index >= 15 is 0 Å². The van der Waals surface area contributed by atoms with Gasteiger partial charge in [0.15, 0.2) is 0 Å². The summed E-state index contributed by atoms with van der Waals surface area (Å²) in [6, 6.07) is 1.64. The molecule has 0 bridgehead atoms. The molecule has 1 aromatic rings. The van der Waals surface area contributed by atoms with Gasteiger partial charge in [-0.1, -0.05) is 0 Å². The van der Waals surface area contributed by atoms with Crippen LogP contribution in [0, 0.1) is 12.8 Å². The smallest absolute Gasteiger partial charge is 0.266 e. The van der Waals surface area contributed by atoms with Crippen molar-refractivity contribution >= 4 is 0 Å². The Kier molecular flexibility index (Phi) is 3.16. The summed E-state index contributed by atoms with van der Waals surface area (Å²) < 4.78 is 1.57. The number of nitrogens with zero attached hydrogens (tertiary/aromatic N) is 2. The summed E-state index contributed by atoms with van der Waals surface area (Å²) in [5, 5.41) is 7.49. The molecule has 4 nitrogen and oxygen atoms in total. The molecule has 1 saturated heterocycles. The minimum absolute atomic E-state index is 0.0144. The molecular weight excluding hydrogens is 190 g/mol. The van der Waals surface area contributed by atoms with Gasteiger partial charge in [0.25, 0.3) is 5.56 Å². The fourth-order valence-corrected chi connectivity index (χ4v) is 1.99. The van der Waals surface area contributed by atoms with Crippen LogP contribution in [0.4, 0.5) is 0 Å². The summed E-state index contributed by atoms with van der Waals surface area (Å²) in [5.74, 6) is 0.548. The Hall–Kier alpha value is -1.16. The molecule has 1 atom stereocenters. The second-order valence-electron chi connectivity index (χ2n) is 4.27.